The molecule has 0 amide bonds. The molecule has 1 atom stereocenters. The van der Waals surface area contributed by atoms with Crippen molar-refractivity contribution in [3.8, 4) is 0 Å². The lowest BCUT2D eigenvalue weighted by Gasteiger charge is -2.08. The third-order valence-electron chi connectivity index (χ3n) is 3.65. The van der Waals surface area contributed by atoms with Crippen LogP contribution in [0, 0.1) is 0 Å². The smallest absolute Gasteiger partial charge is 0.0811 e. The molecule has 23 heavy (non-hydrogen) atoms. The van der Waals surface area contributed by atoms with E-state index >= 15 is 0 Å². The molecule has 2 rings (SSSR count). The number of hydrogen-bond acceptors (Lipinski definition) is 3. The summed E-state index contributed by atoms with van der Waals surface area (Å²) in [5.74, 6) is 0.535. The Balaban J connectivity index is 2.02. The monoisotopic (exact) mass is 307 g/mol. The molecule has 0 saturated carbocycles. The normalized spacial score (nSPS) is 13.3. The fourth-order valence-electron chi connectivity index (χ4n) is 2.38. The maximum atomic E-state index is 4.67. The molecule has 0 bridgehead atoms. The van der Waals surface area contributed by atoms with E-state index in [1.807, 2.05) is 24.4 Å². The minimum Gasteiger partial charge on any atom is -0.294 e. The number of nitrogens with zero attached hydrogens (tertiary/aromatic N) is 3. The molecule has 0 fully saturated rings. The van der Waals surface area contributed by atoms with E-state index in [0.29, 0.717) is 5.92 Å². The first kappa shape index (κ1) is 17.1. The second-order valence-electron chi connectivity index (χ2n) is 6.10. The van der Waals surface area contributed by atoms with Gasteiger partial charge in [0.05, 0.1) is 11.7 Å². The van der Waals surface area contributed by atoms with Crippen LogP contribution in [0.5, 0.6) is 0 Å². The molecule has 0 aliphatic rings. The minimum absolute atomic E-state index is 0.194. The molecule has 0 radical (unpaired) electrons. The number of aromatic nitrogens is 1. The summed E-state index contributed by atoms with van der Waals surface area (Å²) in [6.45, 7) is 6.53. The Morgan fingerprint density at radius 3 is 2.57 bits per heavy atom. The number of aliphatic imine (C=N–C) groups is 2. The van der Waals surface area contributed by atoms with Gasteiger partial charge in [0.1, 0.15) is 0 Å². The van der Waals surface area contributed by atoms with Gasteiger partial charge in [-0.05, 0) is 42.2 Å². The average molecular weight is 307 g/mol. The highest BCUT2D eigenvalue weighted by Crippen LogP contribution is 2.15. The molecule has 1 unspecified atom stereocenters. The molecule has 0 N–H and O–H groups in total. The second kappa shape index (κ2) is 8.37. The van der Waals surface area contributed by atoms with Gasteiger partial charge in [0.2, 0.25) is 0 Å². The topological polar surface area (TPSA) is 37.6 Å². The van der Waals surface area contributed by atoms with Gasteiger partial charge in [-0.15, -0.1) is 0 Å². The Hall–Kier alpha value is -2.29. The highest BCUT2D eigenvalue weighted by Gasteiger charge is 2.03. The predicted molar refractivity (Wildman–Crippen MR) is 99.0 cm³/mol. The maximum Gasteiger partial charge on any atom is 0.0811 e. The molecule has 3 heteroatoms. The molecule has 120 valence electrons. The number of hydrogen-bond donors (Lipinski definition) is 0. The minimum atomic E-state index is 0.194. The lowest BCUT2D eigenvalue weighted by molar-refractivity contribution is 0.727. The van der Waals surface area contributed by atoms with Crippen molar-refractivity contribution in [1.29, 1.82) is 0 Å². The van der Waals surface area contributed by atoms with E-state index in [1.54, 1.807) is 13.3 Å². The summed E-state index contributed by atoms with van der Waals surface area (Å²) in [5, 5.41) is 0. The van der Waals surface area contributed by atoms with Gasteiger partial charge in [0, 0.05) is 31.6 Å². The molecule has 1 aromatic carbocycles. The van der Waals surface area contributed by atoms with Crippen LogP contribution in [0.3, 0.4) is 0 Å². The highest BCUT2D eigenvalue weighted by molar-refractivity contribution is 5.80. The first-order chi connectivity index (χ1) is 11.1. The van der Waals surface area contributed by atoms with Gasteiger partial charge in [0.15, 0.2) is 0 Å². The molecule has 0 spiro atoms. The quantitative estimate of drug-likeness (QED) is 0.733. The molecule has 0 aliphatic carbocycles. The van der Waals surface area contributed by atoms with Crippen LogP contribution in [0.2, 0.25) is 0 Å². The Morgan fingerprint density at radius 1 is 1.04 bits per heavy atom. The zero-order valence-electron chi connectivity index (χ0n) is 14.4. The van der Waals surface area contributed by atoms with Crippen LogP contribution in [-0.2, 0) is 6.42 Å². The lowest BCUT2D eigenvalue weighted by Crippen LogP contribution is -2.06. The molecule has 1 aromatic heterocycles. The van der Waals surface area contributed by atoms with Crippen LogP contribution in [0.25, 0.3) is 0 Å². The molecular weight excluding hydrogens is 282 g/mol. The van der Waals surface area contributed by atoms with E-state index in [4.69, 9.17) is 0 Å². The second-order valence-corrected chi connectivity index (χ2v) is 6.10. The number of pyridine rings is 1. The van der Waals surface area contributed by atoms with Crippen LogP contribution in [-0.4, -0.2) is 30.5 Å². The third-order valence-corrected chi connectivity index (χ3v) is 3.65. The molecule has 2 aromatic rings. The van der Waals surface area contributed by atoms with Gasteiger partial charge in [-0.2, -0.15) is 0 Å². The van der Waals surface area contributed by atoms with Crippen molar-refractivity contribution >= 4 is 12.4 Å². The summed E-state index contributed by atoms with van der Waals surface area (Å²) >= 11 is 0. The van der Waals surface area contributed by atoms with E-state index in [-0.39, 0.29) is 6.04 Å². The van der Waals surface area contributed by atoms with Crippen molar-refractivity contribution in [1.82, 2.24) is 4.98 Å². The van der Waals surface area contributed by atoms with E-state index < -0.39 is 0 Å². The van der Waals surface area contributed by atoms with Crippen LogP contribution < -0.4 is 0 Å². The predicted octanol–water partition coefficient (Wildman–Crippen LogP) is 4.30. The van der Waals surface area contributed by atoms with Crippen molar-refractivity contribution in [2.24, 2.45) is 9.98 Å². The molecule has 1 heterocycles. The highest BCUT2D eigenvalue weighted by atomic mass is 14.8. The Bertz CT molecular complexity index is 687. The van der Waals surface area contributed by atoms with Crippen LogP contribution in [0.15, 0.2) is 52.4 Å². The van der Waals surface area contributed by atoms with E-state index in [0.717, 1.165) is 23.4 Å². The summed E-state index contributed by atoms with van der Waals surface area (Å²) in [6, 6.07) is 14.8. The lowest BCUT2D eigenvalue weighted by atomic mass is 10.0. The summed E-state index contributed by atoms with van der Waals surface area (Å²) in [7, 11) is 1.76. The van der Waals surface area contributed by atoms with Gasteiger partial charge in [-0.1, -0.05) is 38.1 Å². The summed E-state index contributed by atoms with van der Waals surface area (Å²) in [5.41, 5.74) is 4.44. The first-order valence-electron chi connectivity index (χ1n) is 8.09. The van der Waals surface area contributed by atoms with E-state index in [9.17, 15) is 0 Å². The Labute approximate surface area is 139 Å². The average Bonchev–Trinajstić information content (AvgIpc) is 2.54. The molecular formula is C20H25N3. The molecule has 3 nitrogen and oxygen atoms in total. The first-order valence-corrected chi connectivity index (χ1v) is 8.09. The largest absolute Gasteiger partial charge is 0.294 e. The van der Waals surface area contributed by atoms with Crippen LogP contribution in [0.1, 0.15) is 49.2 Å². The van der Waals surface area contributed by atoms with Crippen LogP contribution in [0.4, 0.5) is 0 Å². The SMILES string of the molecule is C/N=C/c1cccc(CC(C)/N=C/c2cccc(C(C)C)c2)n1. The number of rotatable bonds is 6. The van der Waals surface area contributed by atoms with Gasteiger partial charge in [-0.25, -0.2) is 0 Å². The number of benzene rings is 1. The Morgan fingerprint density at radius 2 is 1.83 bits per heavy atom. The van der Waals surface area contributed by atoms with Crippen molar-refractivity contribution in [3.63, 3.8) is 0 Å². The third kappa shape index (κ3) is 5.44. The maximum absolute atomic E-state index is 4.67. The zero-order chi connectivity index (χ0) is 16.7. The van der Waals surface area contributed by atoms with Crippen LogP contribution >= 0.6 is 0 Å². The van der Waals surface area contributed by atoms with Crippen molar-refractivity contribution in [2.75, 3.05) is 7.05 Å². The van der Waals surface area contributed by atoms with Crippen molar-refractivity contribution in [2.45, 2.75) is 39.2 Å². The summed E-state index contributed by atoms with van der Waals surface area (Å²) in [4.78, 5) is 13.2. The summed E-state index contributed by atoms with van der Waals surface area (Å²) < 4.78 is 0. The standard InChI is InChI=1S/C20H25N3/c1-15(2)18-8-5-7-17(12-18)13-22-16(3)11-19-9-6-10-20(23-19)14-21-4/h5-10,12-16H,11H2,1-4H3/b21-14+,22-13+. The fourth-order valence-corrected chi connectivity index (χ4v) is 2.38. The van der Waals surface area contributed by atoms with Gasteiger partial charge in [0.25, 0.3) is 0 Å². The van der Waals surface area contributed by atoms with Gasteiger partial charge >= 0.3 is 0 Å². The molecule has 0 aliphatic heterocycles. The van der Waals surface area contributed by atoms with Crippen molar-refractivity contribution in [3.05, 3.63) is 65.0 Å². The summed E-state index contributed by atoms with van der Waals surface area (Å²) in [6.07, 6.45) is 4.56. The zero-order valence-corrected chi connectivity index (χ0v) is 14.4. The van der Waals surface area contributed by atoms with Crippen molar-refractivity contribution < 1.29 is 0 Å². The molecule has 0 saturated heterocycles. The van der Waals surface area contributed by atoms with E-state index in [1.165, 1.54) is 5.56 Å². The Kier molecular flexibility index (Phi) is 6.21. The van der Waals surface area contributed by atoms with Gasteiger partial charge < -0.3 is 0 Å². The van der Waals surface area contributed by atoms with Gasteiger partial charge in [-0.3, -0.25) is 15.0 Å². The fraction of sp³-hybridized carbons (Fsp3) is 0.350. The van der Waals surface area contributed by atoms with E-state index in [2.05, 4.69) is 60.0 Å².